The van der Waals surface area contributed by atoms with Crippen molar-refractivity contribution in [3.63, 3.8) is 0 Å². The maximum atomic E-state index is 12.0. The van der Waals surface area contributed by atoms with Crippen molar-refractivity contribution in [2.75, 3.05) is 11.1 Å². The van der Waals surface area contributed by atoms with Crippen LogP contribution in [0.15, 0.2) is 47.4 Å². The van der Waals surface area contributed by atoms with E-state index in [1.807, 2.05) is 11.6 Å². The van der Waals surface area contributed by atoms with Crippen LogP contribution in [0, 0.1) is 6.92 Å². The van der Waals surface area contributed by atoms with E-state index in [4.69, 9.17) is 5.73 Å². The molecule has 0 radical (unpaired) electrons. The Labute approximate surface area is 122 Å². The first kappa shape index (κ1) is 14.8. The third-order valence-corrected chi connectivity index (χ3v) is 3.92. The van der Waals surface area contributed by atoms with Crippen LogP contribution in [-0.2, 0) is 10.0 Å². The largest absolute Gasteiger partial charge is 0.384 e. The molecule has 0 aliphatic heterocycles. The van der Waals surface area contributed by atoms with Crippen LogP contribution >= 0.6 is 0 Å². The Balaban J connectivity index is 2.09. The maximum Gasteiger partial charge on any atom is 0.334 e. The monoisotopic (exact) mass is 306 g/mol. The van der Waals surface area contributed by atoms with Gasteiger partial charge in [-0.25, -0.2) is 22.9 Å². The highest BCUT2D eigenvalue weighted by Crippen LogP contribution is 2.10. The number of sulfonamides is 1. The second kappa shape index (κ2) is 5.80. The number of pyridine rings is 1. The number of aryl methyl sites for hydroxylation is 1. The van der Waals surface area contributed by atoms with E-state index < -0.39 is 16.1 Å². The van der Waals surface area contributed by atoms with Gasteiger partial charge in [0.25, 0.3) is 10.0 Å². The Morgan fingerprint density at radius 3 is 2.43 bits per heavy atom. The molecule has 0 aliphatic carbocycles. The highest BCUT2D eigenvalue weighted by atomic mass is 32.2. The normalized spacial score (nSPS) is 10.9. The fourth-order valence-electron chi connectivity index (χ4n) is 1.56. The number of hydrogen-bond acceptors (Lipinski definition) is 5. The van der Waals surface area contributed by atoms with Crippen LogP contribution in [0.4, 0.5) is 16.4 Å². The summed E-state index contributed by atoms with van der Waals surface area (Å²) in [7, 11) is -3.93. The van der Waals surface area contributed by atoms with Crippen molar-refractivity contribution in [1.29, 1.82) is 0 Å². The number of rotatable bonds is 3. The number of nitrogen functional groups attached to an aromatic ring is 1. The van der Waals surface area contributed by atoms with E-state index in [0.29, 0.717) is 0 Å². The summed E-state index contributed by atoms with van der Waals surface area (Å²) in [5.41, 5.74) is 6.38. The van der Waals surface area contributed by atoms with Crippen LogP contribution in [0.2, 0.25) is 0 Å². The van der Waals surface area contributed by atoms with Crippen molar-refractivity contribution in [2.24, 2.45) is 0 Å². The molecule has 0 aliphatic rings. The van der Waals surface area contributed by atoms with Gasteiger partial charge < -0.3 is 5.73 Å². The smallest absolute Gasteiger partial charge is 0.334 e. The zero-order valence-electron chi connectivity index (χ0n) is 11.2. The minimum absolute atomic E-state index is 0.00350. The molecule has 1 aromatic carbocycles. The van der Waals surface area contributed by atoms with Gasteiger partial charge in [-0.2, -0.15) is 0 Å². The Morgan fingerprint density at radius 2 is 1.81 bits per heavy atom. The molecule has 21 heavy (non-hydrogen) atoms. The number of anilines is 2. The van der Waals surface area contributed by atoms with Crippen LogP contribution in [0.5, 0.6) is 0 Å². The number of hydrogen-bond donors (Lipinski definition) is 3. The number of nitrogens with zero attached hydrogens (tertiary/aromatic N) is 1. The highest BCUT2D eigenvalue weighted by molar-refractivity contribution is 7.90. The molecule has 1 heterocycles. The minimum atomic E-state index is -3.93. The van der Waals surface area contributed by atoms with Gasteiger partial charge in [0.15, 0.2) is 0 Å². The minimum Gasteiger partial charge on any atom is -0.384 e. The van der Waals surface area contributed by atoms with E-state index in [9.17, 15) is 13.2 Å². The van der Waals surface area contributed by atoms with Crippen LogP contribution in [0.1, 0.15) is 5.56 Å². The van der Waals surface area contributed by atoms with E-state index in [1.54, 1.807) is 24.3 Å². The summed E-state index contributed by atoms with van der Waals surface area (Å²) in [5.74, 6) is 0.376. The molecule has 0 atom stereocenters. The zero-order chi connectivity index (χ0) is 15.5. The second-order valence-corrected chi connectivity index (χ2v) is 6.00. The topological polar surface area (TPSA) is 114 Å². The van der Waals surface area contributed by atoms with Crippen molar-refractivity contribution in [3.05, 3.63) is 48.0 Å². The summed E-state index contributed by atoms with van der Waals surface area (Å²) in [6, 6.07) is 9.85. The number of carbonyl (C=O) groups is 1. The number of nitrogens with two attached hydrogens (primary N) is 1. The van der Waals surface area contributed by atoms with Gasteiger partial charge in [-0.3, -0.25) is 5.32 Å². The Kier molecular flexibility index (Phi) is 4.08. The number of carbonyl (C=O) groups excluding carboxylic acids is 1. The van der Waals surface area contributed by atoms with Crippen LogP contribution in [0.25, 0.3) is 0 Å². The first-order valence-electron chi connectivity index (χ1n) is 6.00. The lowest BCUT2D eigenvalue weighted by Gasteiger charge is -2.08. The van der Waals surface area contributed by atoms with E-state index in [-0.39, 0.29) is 16.5 Å². The quantitative estimate of drug-likeness (QED) is 0.794. The van der Waals surface area contributed by atoms with Crippen molar-refractivity contribution >= 4 is 27.7 Å². The third kappa shape index (κ3) is 3.93. The van der Waals surface area contributed by atoms with Crippen LogP contribution in [0.3, 0.4) is 0 Å². The van der Waals surface area contributed by atoms with Gasteiger partial charge in [-0.1, -0.05) is 23.8 Å². The van der Waals surface area contributed by atoms with Gasteiger partial charge in [-0.05, 0) is 31.2 Å². The standard InChI is InChI=1S/C13H14N4O3S/c1-9-5-7-10(8-6-9)21(19,20)17-13(18)16-12-4-2-3-11(14)15-12/h2-8H,1H3,(H4,14,15,16,17,18). The van der Waals surface area contributed by atoms with Gasteiger partial charge >= 0.3 is 6.03 Å². The van der Waals surface area contributed by atoms with Crippen molar-refractivity contribution in [3.8, 4) is 0 Å². The molecule has 110 valence electrons. The lowest BCUT2D eigenvalue weighted by molar-refractivity contribution is 0.256. The molecule has 0 unspecified atom stereocenters. The molecule has 2 amide bonds. The summed E-state index contributed by atoms with van der Waals surface area (Å²) in [6.07, 6.45) is 0. The van der Waals surface area contributed by atoms with Crippen molar-refractivity contribution < 1.29 is 13.2 Å². The SMILES string of the molecule is Cc1ccc(S(=O)(=O)NC(=O)Nc2cccc(N)n2)cc1. The molecule has 4 N–H and O–H groups in total. The van der Waals surface area contributed by atoms with Crippen LogP contribution in [-0.4, -0.2) is 19.4 Å². The molecule has 2 rings (SSSR count). The summed E-state index contributed by atoms with van der Waals surface area (Å²) in [6.45, 7) is 1.84. The molecule has 0 fully saturated rings. The molecule has 0 spiro atoms. The molecule has 0 bridgehead atoms. The van der Waals surface area contributed by atoms with Gasteiger partial charge in [0.05, 0.1) is 4.90 Å². The van der Waals surface area contributed by atoms with E-state index in [0.717, 1.165) is 5.56 Å². The van der Waals surface area contributed by atoms with Crippen molar-refractivity contribution in [1.82, 2.24) is 9.71 Å². The summed E-state index contributed by atoms with van der Waals surface area (Å²) in [4.78, 5) is 15.5. The summed E-state index contributed by atoms with van der Waals surface area (Å²) >= 11 is 0. The molecule has 1 aromatic heterocycles. The highest BCUT2D eigenvalue weighted by Gasteiger charge is 2.17. The third-order valence-electron chi connectivity index (χ3n) is 2.57. The molecule has 7 nitrogen and oxygen atoms in total. The predicted molar refractivity (Wildman–Crippen MR) is 79.2 cm³/mol. The number of benzene rings is 1. The lowest BCUT2D eigenvalue weighted by Crippen LogP contribution is -2.34. The van der Waals surface area contributed by atoms with E-state index >= 15 is 0 Å². The Morgan fingerprint density at radius 1 is 1.14 bits per heavy atom. The van der Waals surface area contributed by atoms with Crippen molar-refractivity contribution in [2.45, 2.75) is 11.8 Å². The summed E-state index contributed by atoms with van der Waals surface area (Å²) < 4.78 is 25.9. The number of urea groups is 1. The molecule has 2 aromatic rings. The fourth-order valence-corrected chi connectivity index (χ4v) is 2.47. The lowest BCUT2D eigenvalue weighted by atomic mass is 10.2. The second-order valence-electron chi connectivity index (χ2n) is 4.32. The average Bonchev–Trinajstić information content (AvgIpc) is 2.38. The van der Waals surface area contributed by atoms with E-state index in [1.165, 1.54) is 18.2 Å². The molecule has 0 saturated carbocycles. The zero-order valence-corrected chi connectivity index (χ0v) is 12.0. The van der Waals surface area contributed by atoms with E-state index in [2.05, 4.69) is 10.3 Å². The maximum absolute atomic E-state index is 12.0. The number of nitrogens with one attached hydrogen (secondary N) is 2. The molecular formula is C13H14N4O3S. The molecule has 0 saturated heterocycles. The van der Waals surface area contributed by atoms with Gasteiger partial charge in [0, 0.05) is 0 Å². The van der Waals surface area contributed by atoms with Gasteiger partial charge in [0.2, 0.25) is 0 Å². The fraction of sp³-hybridized carbons (Fsp3) is 0.0769. The van der Waals surface area contributed by atoms with Gasteiger partial charge in [0.1, 0.15) is 11.6 Å². The number of aromatic nitrogens is 1. The first-order chi connectivity index (χ1) is 9.87. The first-order valence-corrected chi connectivity index (χ1v) is 7.48. The molecular weight excluding hydrogens is 292 g/mol. The Bertz CT molecular complexity index is 757. The number of amides is 2. The summed E-state index contributed by atoms with van der Waals surface area (Å²) in [5, 5.41) is 2.30. The van der Waals surface area contributed by atoms with Gasteiger partial charge in [-0.15, -0.1) is 0 Å². The Hall–Kier alpha value is -2.61. The molecule has 8 heteroatoms. The average molecular weight is 306 g/mol. The van der Waals surface area contributed by atoms with Crippen LogP contribution < -0.4 is 15.8 Å². The predicted octanol–water partition coefficient (Wildman–Crippen LogP) is 1.48.